The maximum absolute atomic E-state index is 3.71. The van der Waals surface area contributed by atoms with Crippen LogP contribution in [0.25, 0.3) is 28.3 Å². The van der Waals surface area contributed by atoms with Crippen molar-refractivity contribution >= 4 is 15.6 Å². The Morgan fingerprint density at radius 3 is 2.24 bits per heavy atom. The van der Waals surface area contributed by atoms with Crippen molar-refractivity contribution in [1.29, 1.82) is 0 Å². The average Bonchev–Trinajstić information content (AvgIpc) is 3.46. The SMILES string of the molecule is CCCCC1=Cc2c(-c3ccccc3)cccc2C1c1[c-]ccc2c1Cc1ccccc1-2.C[SiH]C.[Cl-].[Cl-].[Zr+3]. The van der Waals surface area contributed by atoms with Crippen molar-refractivity contribution in [3.8, 4) is 22.3 Å². The van der Waals surface area contributed by atoms with E-state index in [4.69, 9.17) is 0 Å². The van der Waals surface area contributed by atoms with E-state index in [0.717, 1.165) is 22.4 Å². The van der Waals surface area contributed by atoms with Gasteiger partial charge in [0.05, 0.1) is 0 Å². The Kier molecular flexibility index (Phi) is 13.0. The zero-order valence-electron chi connectivity index (χ0n) is 22.4. The molecule has 6 rings (SSSR count). The van der Waals surface area contributed by atoms with Gasteiger partial charge in [-0.1, -0.05) is 111 Å². The van der Waals surface area contributed by atoms with E-state index in [9.17, 15) is 0 Å². The first-order chi connectivity index (χ1) is 17.3. The molecule has 0 spiro atoms. The largest absolute Gasteiger partial charge is 3.00 e. The maximum Gasteiger partial charge on any atom is 3.00 e. The molecule has 2 aliphatic rings. The molecular formula is C34H34Cl2SiZr. The molecule has 2 radical (unpaired) electrons. The minimum absolute atomic E-state index is 0. The van der Waals surface area contributed by atoms with E-state index >= 15 is 0 Å². The fraction of sp³-hybridized carbons (Fsp3) is 0.235. The molecule has 0 N–H and O–H groups in total. The van der Waals surface area contributed by atoms with Crippen LogP contribution in [0.3, 0.4) is 0 Å². The van der Waals surface area contributed by atoms with Gasteiger partial charge in [-0.2, -0.15) is 18.2 Å². The standard InChI is InChI=1S/C32H27.C2H7Si.2ClH.Zr/c1-2-3-11-24-21-30-25(22-12-5-4-6-13-22)16-9-18-28(30)32(24)29-19-10-17-27-26-15-8-7-14-23(26)20-31(27)29;1-3-2;;;/h4-10,12-18,21,32H,2-3,11,20H2,1H3;3H,1-2H3;2*1H;/q-1;;;;+3/p-2. The minimum Gasteiger partial charge on any atom is -1.00 e. The molecule has 0 fully saturated rings. The first-order valence-corrected chi connectivity index (χ1v) is 15.3. The number of benzene rings is 4. The summed E-state index contributed by atoms with van der Waals surface area (Å²) in [4.78, 5) is 0. The summed E-state index contributed by atoms with van der Waals surface area (Å²) in [5.41, 5.74) is 14.1. The smallest absolute Gasteiger partial charge is 1.00 e. The normalized spacial score (nSPS) is 13.8. The Bertz CT molecular complexity index is 1360. The summed E-state index contributed by atoms with van der Waals surface area (Å²) < 4.78 is 0. The topological polar surface area (TPSA) is 0 Å². The second-order valence-electron chi connectivity index (χ2n) is 9.63. The molecule has 2 aliphatic carbocycles. The number of hydrogen-bond donors (Lipinski definition) is 0. The molecule has 0 amide bonds. The molecule has 0 saturated carbocycles. The molecule has 0 heterocycles. The first kappa shape index (κ1) is 32.5. The molecule has 0 bridgehead atoms. The number of halogens is 2. The predicted octanol–water partition coefficient (Wildman–Crippen LogP) is 2.97. The average molecular weight is 633 g/mol. The summed E-state index contributed by atoms with van der Waals surface area (Å²) >= 11 is 0. The van der Waals surface area contributed by atoms with E-state index in [-0.39, 0.29) is 51.0 Å². The van der Waals surface area contributed by atoms with Gasteiger partial charge >= 0.3 is 26.2 Å². The molecule has 0 saturated heterocycles. The minimum atomic E-state index is 0. The zero-order chi connectivity index (χ0) is 24.2. The third-order valence-corrected chi connectivity index (χ3v) is 7.16. The second kappa shape index (κ2) is 15.2. The molecule has 192 valence electrons. The van der Waals surface area contributed by atoms with Crippen molar-refractivity contribution in [1.82, 2.24) is 0 Å². The summed E-state index contributed by atoms with van der Waals surface area (Å²) in [5.74, 6) is 0.310. The van der Waals surface area contributed by atoms with Crippen molar-refractivity contribution < 1.29 is 51.0 Å². The molecular weight excluding hydrogens is 599 g/mol. The van der Waals surface area contributed by atoms with Crippen molar-refractivity contribution in [2.24, 2.45) is 0 Å². The maximum atomic E-state index is 3.71. The van der Waals surface area contributed by atoms with E-state index in [2.05, 4.69) is 117 Å². The summed E-state index contributed by atoms with van der Waals surface area (Å²) in [7, 11) is 0.750. The molecule has 4 heteroatoms. The van der Waals surface area contributed by atoms with E-state index in [1.165, 1.54) is 62.9 Å². The van der Waals surface area contributed by atoms with Crippen LogP contribution >= 0.6 is 0 Å². The van der Waals surface area contributed by atoms with E-state index in [0.29, 0.717) is 5.92 Å². The monoisotopic (exact) mass is 630 g/mol. The van der Waals surface area contributed by atoms with Gasteiger partial charge in [0.15, 0.2) is 0 Å². The Morgan fingerprint density at radius 2 is 1.50 bits per heavy atom. The second-order valence-corrected chi connectivity index (χ2v) is 10.8. The van der Waals surface area contributed by atoms with E-state index in [1.807, 2.05) is 0 Å². The Balaban J connectivity index is 0.000000809. The first-order valence-electron chi connectivity index (χ1n) is 13.0. The molecule has 1 unspecified atom stereocenters. The van der Waals surface area contributed by atoms with Gasteiger partial charge in [0, 0.05) is 15.4 Å². The van der Waals surface area contributed by atoms with Crippen LogP contribution in [0.15, 0.2) is 90.5 Å². The van der Waals surface area contributed by atoms with Crippen molar-refractivity contribution in [3.63, 3.8) is 0 Å². The van der Waals surface area contributed by atoms with Crippen LogP contribution in [-0.2, 0) is 32.6 Å². The third kappa shape index (κ3) is 6.37. The number of allylic oxidation sites excluding steroid dienone is 1. The van der Waals surface area contributed by atoms with Gasteiger partial charge in [-0.05, 0) is 52.6 Å². The summed E-state index contributed by atoms with van der Waals surface area (Å²) in [6.07, 6.45) is 7.10. The Labute approximate surface area is 263 Å². The van der Waals surface area contributed by atoms with Crippen LogP contribution in [0.1, 0.15) is 59.9 Å². The summed E-state index contributed by atoms with van der Waals surface area (Å²) in [6.45, 7) is 6.70. The van der Waals surface area contributed by atoms with E-state index in [1.54, 1.807) is 5.57 Å². The molecule has 0 aromatic heterocycles. The molecule has 1 atom stereocenters. The predicted molar refractivity (Wildman–Crippen MR) is 154 cm³/mol. The molecule has 0 aliphatic heterocycles. The van der Waals surface area contributed by atoms with Gasteiger partial charge in [0.25, 0.3) is 0 Å². The van der Waals surface area contributed by atoms with Gasteiger partial charge < -0.3 is 24.8 Å². The molecule has 4 aromatic carbocycles. The van der Waals surface area contributed by atoms with Crippen molar-refractivity contribution in [3.05, 3.63) is 124 Å². The van der Waals surface area contributed by atoms with Crippen LogP contribution < -0.4 is 24.8 Å². The van der Waals surface area contributed by atoms with Gasteiger partial charge in [0.2, 0.25) is 0 Å². The molecule has 0 nitrogen and oxygen atoms in total. The van der Waals surface area contributed by atoms with Crippen LogP contribution in [-0.4, -0.2) is 9.52 Å². The van der Waals surface area contributed by atoms with Gasteiger partial charge in [-0.15, -0.1) is 16.7 Å². The van der Waals surface area contributed by atoms with E-state index < -0.39 is 0 Å². The number of fused-ring (bicyclic) bond motifs is 4. The Hall–Kier alpha value is -1.70. The van der Waals surface area contributed by atoms with Crippen LogP contribution in [0.2, 0.25) is 13.1 Å². The quantitative estimate of drug-likeness (QED) is 0.207. The van der Waals surface area contributed by atoms with Crippen LogP contribution in [0, 0.1) is 6.07 Å². The number of unbranched alkanes of at least 4 members (excludes halogenated alkanes) is 1. The fourth-order valence-electron chi connectivity index (χ4n) is 5.65. The summed E-state index contributed by atoms with van der Waals surface area (Å²) in [6, 6.07) is 34.7. The van der Waals surface area contributed by atoms with Gasteiger partial charge in [-0.3, -0.25) is 0 Å². The van der Waals surface area contributed by atoms with Crippen molar-refractivity contribution in [2.75, 3.05) is 0 Å². The molecule has 38 heavy (non-hydrogen) atoms. The van der Waals surface area contributed by atoms with Crippen LogP contribution in [0.4, 0.5) is 0 Å². The van der Waals surface area contributed by atoms with Crippen molar-refractivity contribution in [2.45, 2.75) is 51.6 Å². The molecule has 4 aromatic rings. The zero-order valence-corrected chi connectivity index (χ0v) is 27.5. The van der Waals surface area contributed by atoms with Crippen LogP contribution in [0.5, 0.6) is 0 Å². The van der Waals surface area contributed by atoms with Gasteiger partial charge in [0.1, 0.15) is 0 Å². The number of rotatable bonds is 5. The summed E-state index contributed by atoms with van der Waals surface area (Å²) in [5, 5.41) is 0. The number of hydrogen-bond acceptors (Lipinski definition) is 0. The van der Waals surface area contributed by atoms with Gasteiger partial charge in [-0.25, -0.2) is 0 Å². The Morgan fingerprint density at radius 1 is 0.816 bits per heavy atom. The fourth-order valence-corrected chi connectivity index (χ4v) is 5.65. The third-order valence-electron chi connectivity index (χ3n) is 7.16.